The number of carbonyl (C=O) groups excluding carboxylic acids is 1. The summed E-state index contributed by atoms with van der Waals surface area (Å²) in [5.74, 6) is 0. The number of hydrogen-bond donors (Lipinski definition) is 1. The van der Waals surface area contributed by atoms with E-state index in [0.717, 1.165) is 16.8 Å². The van der Waals surface area contributed by atoms with Crippen molar-refractivity contribution in [2.45, 2.75) is 20.4 Å². The van der Waals surface area contributed by atoms with Crippen LogP contribution in [0.1, 0.15) is 18.1 Å². The van der Waals surface area contributed by atoms with Crippen LogP contribution in [0.5, 0.6) is 0 Å². The summed E-state index contributed by atoms with van der Waals surface area (Å²) < 4.78 is 0. The maximum Gasteiger partial charge on any atom is 0.322 e. The molecule has 0 atom stereocenters. The van der Waals surface area contributed by atoms with Crippen molar-refractivity contribution in [3.05, 3.63) is 64.7 Å². The molecule has 0 aromatic heterocycles. The van der Waals surface area contributed by atoms with Crippen molar-refractivity contribution in [1.29, 1.82) is 0 Å². The van der Waals surface area contributed by atoms with Gasteiger partial charge in [-0.3, -0.25) is 0 Å². The Bertz CT molecular complexity index is 613. The highest BCUT2D eigenvalue weighted by molar-refractivity contribution is 6.31. The minimum Gasteiger partial charge on any atom is -0.320 e. The fourth-order valence-corrected chi connectivity index (χ4v) is 2.24. The van der Waals surface area contributed by atoms with Gasteiger partial charge in [-0.15, -0.1) is 0 Å². The average molecular weight is 303 g/mol. The fraction of sp³-hybridized carbons (Fsp3) is 0.235. The highest BCUT2D eigenvalue weighted by Crippen LogP contribution is 2.23. The third kappa shape index (κ3) is 3.99. The molecule has 0 aliphatic carbocycles. The third-order valence-electron chi connectivity index (χ3n) is 3.39. The van der Waals surface area contributed by atoms with Gasteiger partial charge in [-0.2, -0.15) is 0 Å². The van der Waals surface area contributed by atoms with Gasteiger partial charge in [0.25, 0.3) is 0 Å². The summed E-state index contributed by atoms with van der Waals surface area (Å²) in [5.41, 5.74) is 2.74. The molecular weight excluding hydrogens is 284 g/mol. The molecule has 2 rings (SSSR count). The lowest BCUT2D eigenvalue weighted by atomic mass is 10.2. The van der Waals surface area contributed by atoms with Crippen LogP contribution in [0.4, 0.5) is 10.5 Å². The SMILES string of the molecule is CCN(Cc1ccccc1)C(=O)Nc1cccc(Cl)c1C. The van der Waals surface area contributed by atoms with Gasteiger partial charge in [0.1, 0.15) is 0 Å². The van der Waals surface area contributed by atoms with E-state index in [-0.39, 0.29) is 6.03 Å². The van der Waals surface area contributed by atoms with Crippen molar-refractivity contribution in [1.82, 2.24) is 4.90 Å². The van der Waals surface area contributed by atoms with E-state index < -0.39 is 0 Å². The number of rotatable bonds is 4. The molecule has 0 radical (unpaired) electrons. The highest BCUT2D eigenvalue weighted by Gasteiger charge is 2.13. The van der Waals surface area contributed by atoms with E-state index >= 15 is 0 Å². The number of nitrogens with one attached hydrogen (secondary N) is 1. The zero-order valence-electron chi connectivity index (χ0n) is 12.3. The summed E-state index contributed by atoms with van der Waals surface area (Å²) in [4.78, 5) is 14.1. The van der Waals surface area contributed by atoms with Crippen LogP contribution in [0.15, 0.2) is 48.5 Å². The van der Waals surface area contributed by atoms with Crippen LogP contribution in [0.2, 0.25) is 5.02 Å². The Morgan fingerprint density at radius 3 is 2.52 bits per heavy atom. The summed E-state index contributed by atoms with van der Waals surface area (Å²) in [7, 11) is 0. The molecule has 2 aromatic rings. The Hall–Kier alpha value is -2.00. The second-order valence-electron chi connectivity index (χ2n) is 4.84. The predicted octanol–water partition coefficient (Wildman–Crippen LogP) is 4.70. The standard InChI is InChI=1S/C17H19ClN2O/c1-3-20(12-14-8-5-4-6-9-14)17(21)19-16-11-7-10-15(18)13(16)2/h4-11H,3,12H2,1-2H3,(H,19,21). The molecule has 1 N–H and O–H groups in total. The molecule has 21 heavy (non-hydrogen) atoms. The molecule has 0 saturated heterocycles. The first kappa shape index (κ1) is 15.4. The van der Waals surface area contributed by atoms with Crippen LogP contribution >= 0.6 is 11.6 Å². The van der Waals surface area contributed by atoms with Crippen molar-refractivity contribution in [3.63, 3.8) is 0 Å². The van der Waals surface area contributed by atoms with E-state index in [1.165, 1.54) is 0 Å². The highest BCUT2D eigenvalue weighted by atomic mass is 35.5. The van der Waals surface area contributed by atoms with Gasteiger partial charge in [0.2, 0.25) is 0 Å². The molecule has 2 amide bonds. The molecule has 0 fully saturated rings. The molecule has 4 heteroatoms. The normalized spacial score (nSPS) is 10.2. The molecule has 0 saturated carbocycles. The van der Waals surface area contributed by atoms with Gasteiger partial charge in [0, 0.05) is 23.8 Å². The predicted molar refractivity (Wildman–Crippen MR) is 87.7 cm³/mol. The number of urea groups is 1. The fourth-order valence-electron chi connectivity index (χ4n) is 2.07. The van der Waals surface area contributed by atoms with Crippen molar-refractivity contribution >= 4 is 23.3 Å². The minimum atomic E-state index is -0.119. The number of hydrogen-bond acceptors (Lipinski definition) is 1. The van der Waals surface area contributed by atoms with E-state index in [1.54, 1.807) is 4.90 Å². The lowest BCUT2D eigenvalue weighted by Gasteiger charge is -2.22. The lowest BCUT2D eigenvalue weighted by Crippen LogP contribution is -2.34. The van der Waals surface area contributed by atoms with Crippen molar-refractivity contribution < 1.29 is 4.79 Å². The van der Waals surface area contributed by atoms with Gasteiger partial charge in [-0.1, -0.05) is 48.0 Å². The zero-order valence-corrected chi connectivity index (χ0v) is 13.0. The van der Waals surface area contributed by atoms with Crippen LogP contribution in [-0.4, -0.2) is 17.5 Å². The number of carbonyl (C=O) groups is 1. The second-order valence-corrected chi connectivity index (χ2v) is 5.25. The largest absolute Gasteiger partial charge is 0.322 e. The summed E-state index contributed by atoms with van der Waals surface area (Å²) >= 11 is 6.08. The van der Waals surface area contributed by atoms with Crippen LogP contribution in [0.3, 0.4) is 0 Å². The van der Waals surface area contributed by atoms with Gasteiger partial charge >= 0.3 is 6.03 Å². The molecule has 3 nitrogen and oxygen atoms in total. The van der Waals surface area contributed by atoms with Gasteiger partial charge in [-0.05, 0) is 37.1 Å². The van der Waals surface area contributed by atoms with Crippen molar-refractivity contribution in [3.8, 4) is 0 Å². The quantitative estimate of drug-likeness (QED) is 0.872. The summed E-state index contributed by atoms with van der Waals surface area (Å²) in [6.45, 7) is 5.09. The third-order valence-corrected chi connectivity index (χ3v) is 3.80. The van der Waals surface area contributed by atoms with Crippen LogP contribution in [0.25, 0.3) is 0 Å². The Morgan fingerprint density at radius 1 is 1.14 bits per heavy atom. The molecule has 0 bridgehead atoms. The van der Waals surface area contributed by atoms with Gasteiger partial charge in [0.05, 0.1) is 0 Å². The number of halogens is 1. The summed E-state index contributed by atoms with van der Waals surface area (Å²) in [6, 6.07) is 15.3. The van der Waals surface area contributed by atoms with E-state index in [9.17, 15) is 4.79 Å². The van der Waals surface area contributed by atoms with E-state index in [0.29, 0.717) is 18.1 Å². The zero-order chi connectivity index (χ0) is 15.2. The van der Waals surface area contributed by atoms with Crippen LogP contribution in [0, 0.1) is 6.92 Å². The number of benzene rings is 2. The molecule has 0 spiro atoms. The summed E-state index contributed by atoms with van der Waals surface area (Å²) in [6.07, 6.45) is 0. The Balaban J connectivity index is 2.08. The maximum atomic E-state index is 12.4. The molecule has 0 aliphatic heterocycles. The molecule has 0 aliphatic rings. The van der Waals surface area contributed by atoms with Crippen LogP contribution in [-0.2, 0) is 6.54 Å². The number of anilines is 1. The first-order chi connectivity index (χ1) is 10.1. The lowest BCUT2D eigenvalue weighted by molar-refractivity contribution is 0.212. The van der Waals surface area contributed by atoms with Crippen molar-refractivity contribution in [2.75, 3.05) is 11.9 Å². The van der Waals surface area contributed by atoms with Crippen LogP contribution < -0.4 is 5.32 Å². The Morgan fingerprint density at radius 2 is 1.86 bits per heavy atom. The minimum absolute atomic E-state index is 0.119. The van der Waals surface area contributed by atoms with Gasteiger partial charge in [-0.25, -0.2) is 4.79 Å². The monoisotopic (exact) mass is 302 g/mol. The first-order valence-corrected chi connectivity index (χ1v) is 7.34. The molecule has 110 valence electrons. The van der Waals surface area contributed by atoms with E-state index in [1.807, 2.05) is 62.4 Å². The molecule has 0 unspecified atom stereocenters. The number of amides is 2. The number of nitrogens with zero attached hydrogens (tertiary/aromatic N) is 1. The average Bonchev–Trinajstić information content (AvgIpc) is 2.50. The van der Waals surface area contributed by atoms with E-state index in [2.05, 4.69) is 5.32 Å². The Labute approximate surface area is 130 Å². The molecular formula is C17H19ClN2O. The molecule has 0 heterocycles. The van der Waals surface area contributed by atoms with Gasteiger partial charge in [0.15, 0.2) is 0 Å². The topological polar surface area (TPSA) is 32.3 Å². The first-order valence-electron chi connectivity index (χ1n) is 6.96. The van der Waals surface area contributed by atoms with Gasteiger partial charge < -0.3 is 10.2 Å². The van der Waals surface area contributed by atoms with E-state index in [4.69, 9.17) is 11.6 Å². The van der Waals surface area contributed by atoms with Crippen molar-refractivity contribution in [2.24, 2.45) is 0 Å². The maximum absolute atomic E-state index is 12.4. The second kappa shape index (κ2) is 7.14. The molecule has 2 aromatic carbocycles. The summed E-state index contributed by atoms with van der Waals surface area (Å²) in [5, 5.41) is 3.58. The smallest absolute Gasteiger partial charge is 0.320 e. The Kier molecular flexibility index (Phi) is 5.23.